The number of alkyl carbamates (subject to hydrolysis) is 1. The molecule has 2 heterocycles. The van der Waals surface area contributed by atoms with Crippen molar-refractivity contribution in [2.24, 2.45) is 0 Å². The maximum atomic E-state index is 11.8. The minimum Gasteiger partial charge on any atom is -0.441 e. The summed E-state index contributed by atoms with van der Waals surface area (Å²) < 4.78 is 6.82. The lowest BCUT2D eigenvalue weighted by Gasteiger charge is -2.19. The number of carbonyl (C=O) groups is 1. The van der Waals surface area contributed by atoms with Crippen LogP contribution in [0.2, 0.25) is 18.1 Å². The fourth-order valence-corrected chi connectivity index (χ4v) is 5.10. The van der Waals surface area contributed by atoms with Crippen LogP contribution < -0.4 is 5.32 Å². The van der Waals surface area contributed by atoms with Crippen LogP contribution in [0, 0.1) is 11.5 Å². The maximum Gasteiger partial charge on any atom is 0.407 e. The van der Waals surface area contributed by atoms with Crippen molar-refractivity contribution in [3.8, 4) is 11.5 Å². The van der Waals surface area contributed by atoms with Gasteiger partial charge in [0.25, 0.3) is 0 Å². The van der Waals surface area contributed by atoms with E-state index in [4.69, 9.17) is 4.74 Å². The summed E-state index contributed by atoms with van der Waals surface area (Å²) in [4.78, 5) is 11.8. The Morgan fingerprint density at radius 3 is 2.44 bits per heavy atom. The number of rotatable bonds is 5. The number of aromatic nitrogens is 4. The second-order valence-electron chi connectivity index (χ2n) is 7.65. The second-order valence-corrected chi connectivity index (χ2v) is 12.6. The van der Waals surface area contributed by atoms with E-state index in [0.29, 0.717) is 17.2 Å². The molecule has 1 amide bonds. The number of nitrogens with zero attached hydrogens (tertiary/aromatic N) is 4. The van der Waals surface area contributed by atoms with E-state index < -0.39 is 14.2 Å². The zero-order valence-corrected chi connectivity index (χ0v) is 18.1. The first kappa shape index (κ1) is 20.9. The first-order valence-electron chi connectivity index (χ1n) is 9.41. The molecule has 0 atom stereocenters. The summed E-state index contributed by atoms with van der Waals surface area (Å²) >= 11 is 0. The Hall–Kier alpha value is -2.40. The molecule has 27 heavy (non-hydrogen) atoms. The molecule has 0 saturated heterocycles. The Morgan fingerprint density at radius 2 is 1.85 bits per heavy atom. The lowest BCUT2D eigenvalue weighted by molar-refractivity contribution is 0.128. The highest BCUT2D eigenvalue weighted by Gasteiger charge is 2.24. The third kappa shape index (κ3) is 5.53. The Labute approximate surface area is 161 Å². The molecule has 0 aliphatic carbocycles. The van der Waals surface area contributed by atoms with Crippen LogP contribution in [0.5, 0.6) is 0 Å². The van der Waals surface area contributed by atoms with Crippen molar-refractivity contribution < 1.29 is 9.53 Å². The van der Waals surface area contributed by atoms with Gasteiger partial charge in [-0.1, -0.05) is 26.7 Å². The van der Waals surface area contributed by atoms with Gasteiger partial charge in [-0.25, -0.2) is 4.79 Å². The van der Waals surface area contributed by atoms with Crippen LogP contribution in [0.3, 0.4) is 0 Å². The van der Waals surface area contributed by atoms with E-state index >= 15 is 0 Å². The van der Waals surface area contributed by atoms with Gasteiger partial charge in [-0.2, -0.15) is 9.61 Å². The number of hydrogen-bond acceptors (Lipinski definition) is 5. The molecule has 0 aliphatic heterocycles. The summed E-state index contributed by atoms with van der Waals surface area (Å²) in [6, 6.07) is 7.11. The first-order valence-corrected chi connectivity index (χ1v) is 12.0. The summed E-state index contributed by atoms with van der Waals surface area (Å²) in [6.45, 7) is 12.3. The van der Waals surface area contributed by atoms with E-state index in [1.165, 1.54) is 0 Å². The minimum absolute atomic E-state index is 0.00940. The molecule has 0 aliphatic rings. The van der Waals surface area contributed by atoms with Gasteiger partial charge in [0.15, 0.2) is 18.1 Å². The largest absolute Gasteiger partial charge is 0.441 e. The fraction of sp³-hybridized carbons (Fsp3) is 0.579. The zero-order valence-electron chi connectivity index (χ0n) is 17.1. The van der Waals surface area contributed by atoms with E-state index in [0.717, 1.165) is 18.1 Å². The number of fused-ring (bicyclic) bond motifs is 1. The van der Waals surface area contributed by atoms with Crippen molar-refractivity contribution in [1.29, 1.82) is 0 Å². The monoisotopic (exact) mass is 387 g/mol. The van der Waals surface area contributed by atoms with Crippen molar-refractivity contribution in [3.05, 3.63) is 23.7 Å². The normalized spacial score (nSPS) is 11.8. The van der Waals surface area contributed by atoms with Crippen LogP contribution in [-0.2, 0) is 11.3 Å². The minimum atomic E-state index is -1.54. The molecule has 2 aromatic heterocycles. The van der Waals surface area contributed by atoms with Crippen molar-refractivity contribution >= 4 is 19.8 Å². The van der Waals surface area contributed by atoms with Gasteiger partial charge >= 0.3 is 6.09 Å². The molecule has 0 saturated carbocycles. The predicted octanol–water partition coefficient (Wildman–Crippen LogP) is 3.55. The summed E-state index contributed by atoms with van der Waals surface area (Å²) in [6.07, 6.45) is -0.500. The lowest BCUT2D eigenvalue weighted by Crippen LogP contribution is -2.40. The smallest absolute Gasteiger partial charge is 0.407 e. The van der Waals surface area contributed by atoms with Crippen molar-refractivity contribution in [1.82, 2.24) is 25.1 Å². The quantitative estimate of drug-likeness (QED) is 0.627. The van der Waals surface area contributed by atoms with Crippen LogP contribution in [0.4, 0.5) is 4.79 Å². The molecular weight excluding hydrogens is 358 g/mol. The Kier molecular flexibility index (Phi) is 6.60. The summed E-state index contributed by atoms with van der Waals surface area (Å²) in [5, 5.41) is 15.4. The van der Waals surface area contributed by atoms with Gasteiger partial charge in [0.1, 0.15) is 13.8 Å². The van der Waals surface area contributed by atoms with E-state index in [1.54, 1.807) is 4.52 Å². The molecule has 2 aromatic rings. The molecule has 0 radical (unpaired) electrons. The Balaban J connectivity index is 2.20. The van der Waals surface area contributed by atoms with E-state index in [9.17, 15) is 4.79 Å². The Bertz CT molecular complexity index is 848. The van der Waals surface area contributed by atoms with Crippen molar-refractivity contribution in [2.75, 3.05) is 0 Å². The van der Waals surface area contributed by atoms with Gasteiger partial charge in [-0.3, -0.25) is 0 Å². The number of amides is 1. The highest BCUT2D eigenvalue weighted by Crippen LogP contribution is 2.19. The van der Waals surface area contributed by atoms with Crippen LogP contribution in [0.25, 0.3) is 5.65 Å². The highest BCUT2D eigenvalue weighted by atomic mass is 28.3. The second kappa shape index (κ2) is 8.52. The number of carbonyl (C=O) groups excluding carboxylic acids is 1. The van der Waals surface area contributed by atoms with E-state index in [1.807, 2.05) is 32.9 Å². The molecule has 8 heteroatoms. The molecule has 0 aromatic carbocycles. The molecule has 7 nitrogen and oxygen atoms in total. The van der Waals surface area contributed by atoms with Crippen LogP contribution in [0.15, 0.2) is 12.1 Å². The highest BCUT2D eigenvalue weighted by molar-refractivity contribution is 6.87. The SMILES string of the molecule is CC[Si](C#Cc1ccc2nnc(COC(=O)NC(C)(C)C)n2n1)(CC)CC. The standard InChI is InChI=1S/C19H29N5O2Si/c1-7-27(8-2,9-3)13-12-15-10-11-16-21-22-17(24(16)23-15)14-26-18(25)20-19(4,5)6/h10-11H,7-9,14H2,1-6H3,(H,20,25). The summed E-state index contributed by atoms with van der Waals surface area (Å²) in [5.41, 5.74) is 4.44. The summed E-state index contributed by atoms with van der Waals surface area (Å²) in [5.74, 6) is 3.71. The number of hydrogen-bond donors (Lipinski definition) is 1. The molecule has 0 bridgehead atoms. The molecule has 0 fully saturated rings. The van der Waals surface area contributed by atoms with Crippen LogP contribution in [-0.4, -0.2) is 39.5 Å². The molecule has 1 N–H and O–H groups in total. The third-order valence-corrected chi connectivity index (χ3v) is 9.34. The van der Waals surface area contributed by atoms with Gasteiger partial charge in [-0.05, 0) is 51.0 Å². The van der Waals surface area contributed by atoms with Gasteiger partial charge in [0.2, 0.25) is 0 Å². The van der Waals surface area contributed by atoms with E-state index in [2.05, 4.69) is 52.8 Å². The fourth-order valence-electron chi connectivity index (χ4n) is 2.67. The van der Waals surface area contributed by atoms with Crippen molar-refractivity contribution in [2.45, 2.75) is 71.8 Å². The van der Waals surface area contributed by atoms with E-state index in [-0.39, 0.29) is 12.1 Å². The maximum absolute atomic E-state index is 11.8. The summed E-state index contributed by atoms with van der Waals surface area (Å²) in [7, 11) is -1.54. The first-order chi connectivity index (χ1) is 12.7. The van der Waals surface area contributed by atoms with Crippen LogP contribution in [0.1, 0.15) is 53.1 Å². The van der Waals surface area contributed by atoms with Gasteiger partial charge in [0.05, 0.1) is 0 Å². The molecular formula is C19H29N5O2Si. The third-order valence-electron chi connectivity index (χ3n) is 4.62. The zero-order chi connectivity index (χ0) is 20.1. The average molecular weight is 388 g/mol. The Morgan fingerprint density at radius 1 is 1.19 bits per heavy atom. The molecule has 2 rings (SSSR count). The van der Waals surface area contributed by atoms with Gasteiger partial charge in [0, 0.05) is 5.54 Å². The van der Waals surface area contributed by atoms with Gasteiger partial charge < -0.3 is 10.1 Å². The molecule has 146 valence electrons. The topological polar surface area (TPSA) is 81.4 Å². The number of nitrogens with one attached hydrogen (secondary N) is 1. The predicted molar refractivity (Wildman–Crippen MR) is 108 cm³/mol. The van der Waals surface area contributed by atoms with Crippen LogP contribution >= 0.6 is 0 Å². The number of ether oxygens (including phenoxy) is 1. The molecule has 0 spiro atoms. The molecule has 0 unspecified atom stereocenters. The average Bonchev–Trinajstić information content (AvgIpc) is 3.02. The lowest BCUT2D eigenvalue weighted by atomic mass is 10.1. The van der Waals surface area contributed by atoms with Gasteiger partial charge in [-0.15, -0.1) is 15.7 Å². The van der Waals surface area contributed by atoms with Crippen molar-refractivity contribution in [3.63, 3.8) is 0 Å².